The van der Waals surface area contributed by atoms with Crippen molar-refractivity contribution in [2.24, 2.45) is 0 Å². The molecular formula is C19H17ClFN3O4S. The van der Waals surface area contributed by atoms with E-state index < -0.39 is 45.0 Å². The molecule has 29 heavy (non-hydrogen) atoms. The van der Waals surface area contributed by atoms with Crippen LogP contribution in [-0.4, -0.2) is 44.0 Å². The van der Waals surface area contributed by atoms with Crippen LogP contribution in [0.3, 0.4) is 0 Å². The highest BCUT2D eigenvalue weighted by Crippen LogP contribution is 2.20. The molecule has 0 saturated carbocycles. The fraction of sp³-hybridized carbons (Fsp3) is 0.211. The van der Waals surface area contributed by atoms with Crippen LogP contribution in [-0.2, 0) is 20.4 Å². The number of nitrogens with zero attached hydrogens (tertiary/aromatic N) is 2. The van der Waals surface area contributed by atoms with E-state index in [9.17, 15) is 22.4 Å². The highest BCUT2D eigenvalue weighted by molar-refractivity contribution is 7.90. The van der Waals surface area contributed by atoms with Crippen LogP contribution < -0.4 is 5.32 Å². The molecule has 0 radical (unpaired) electrons. The first-order valence-electron chi connectivity index (χ1n) is 8.31. The number of carbonyl (C=O) groups is 2. The lowest BCUT2D eigenvalue weighted by molar-refractivity contribution is -0.128. The van der Waals surface area contributed by atoms with Crippen LogP contribution in [0, 0.1) is 17.3 Å². The highest BCUT2D eigenvalue weighted by Gasteiger charge is 2.30. The predicted molar refractivity (Wildman–Crippen MR) is 105 cm³/mol. The van der Waals surface area contributed by atoms with Gasteiger partial charge in [-0.3, -0.25) is 14.5 Å². The van der Waals surface area contributed by atoms with Gasteiger partial charge in [-0.2, -0.15) is 5.26 Å². The molecule has 2 amide bonds. The van der Waals surface area contributed by atoms with E-state index in [4.69, 9.17) is 16.9 Å². The topological polar surface area (TPSA) is 107 Å². The molecule has 7 nitrogen and oxygen atoms in total. The van der Waals surface area contributed by atoms with Gasteiger partial charge in [-0.15, -0.1) is 0 Å². The molecule has 0 heterocycles. The summed E-state index contributed by atoms with van der Waals surface area (Å²) >= 11 is 5.67. The molecule has 2 aromatic rings. The van der Waals surface area contributed by atoms with Crippen molar-refractivity contribution >= 4 is 33.3 Å². The van der Waals surface area contributed by atoms with E-state index >= 15 is 0 Å². The summed E-state index contributed by atoms with van der Waals surface area (Å²) in [7, 11) is -2.91. The molecule has 0 unspecified atom stereocenters. The Morgan fingerprint density at radius 1 is 1.21 bits per heavy atom. The minimum Gasteiger partial charge on any atom is -0.339 e. The number of nitriles is 1. The van der Waals surface area contributed by atoms with Crippen molar-refractivity contribution in [3.8, 4) is 6.19 Å². The second kappa shape index (κ2) is 9.49. The van der Waals surface area contributed by atoms with Gasteiger partial charge in [-0.1, -0.05) is 41.9 Å². The summed E-state index contributed by atoms with van der Waals surface area (Å²) in [6, 6.07) is 10.3. The van der Waals surface area contributed by atoms with Gasteiger partial charge in [0.15, 0.2) is 16.0 Å². The molecular weight excluding hydrogens is 421 g/mol. The molecule has 0 fully saturated rings. The van der Waals surface area contributed by atoms with Crippen molar-refractivity contribution < 1.29 is 22.4 Å². The molecule has 152 valence electrons. The first-order valence-corrected chi connectivity index (χ1v) is 10.5. The zero-order valence-corrected chi connectivity index (χ0v) is 16.9. The lowest BCUT2D eigenvalue weighted by atomic mass is 10.2. The summed E-state index contributed by atoms with van der Waals surface area (Å²) in [5.41, 5.74) is 0.0508. The van der Waals surface area contributed by atoms with Gasteiger partial charge >= 0.3 is 0 Å². The third-order valence-electron chi connectivity index (χ3n) is 3.95. The maximum atomic E-state index is 14.1. The number of sulfone groups is 1. The van der Waals surface area contributed by atoms with Gasteiger partial charge in [-0.25, -0.2) is 12.8 Å². The Hall–Kier alpha value is -2.96. The molecule has 0 aromatic heterocycles. The summed E-state index contributed by atoms with van der Waals surface area (Å²) in [6.07, 6.45) is 1.57. The van der Waals surface area contributed by atoms with Gasteiger partial charge in [0.25, 0.3) is 11.8 Å². The number of nitrogens with one attached hydrogen (secondary N) is 1. The molecule has 0 spiro atoms. The van der Waals surface area contributed by atoms with E-state index in [1.165, 1.54) is 30.3 Å². The molecule has 1 N–H and O–H groups in total. The number of halogens is 2. The number of hydrogen-bond donors (Lipinski definition) is 1. The van der Waals surface area contributed by atoms with Gasteiger partial charge < -0.3 is 5.32 Å². The Morgan fingerprint density at radius 2 is 1.86 bits per heavy atom. The quantitative estimate of drug-likeness (QED) is 0.527. The molecule has 2 rings (SSSR count). The SMILES string of the molecule is CN(C#N)C(=O)[C@H](CS(=O)(=O)Cc1cccc(Cl)c1F)NC(=O)c1ccccc1. The lowest BCUT2D eigenvalue weighted by Crippen LogP contribution is -2.50. The molecule has 0 bridgehead atoms. The fourth-order valence-electron chi connectivity index (χ4n) is 2.50. The summed E-state index contributed by atoms with van der Waals surface area (Å²) < 4.78 is 39.2. The van der Waals surface area contributed by atoms with Gasteiger partial charge in [0.2, 0.25) is 0 Å². The molecule has 1 atom stereocenters. The lowest BCUT2D eigenvalue weighted by Gasteiger charge is -2.20. The van der Waals surface area contributed by atoms with Gasteiger partial charge in [0, 0.05) is 18.2 Å². The first kappa shape index (κ1) is 22.3. The Bertz CT molecular complexity index is 1050. The minimum absolute atomic E-state index is 0.160. The summed E-state index contributed by atoms with van der Waals surface area (Å²) in [5, 5.41) is 11.0. The average Bonchev–Trinajstić information content (AvgIpc) is 2.70. The summed E-state index contributed by atoms with van der Waals surface area (Å²) in [6.45, 7) is 0. The maximum absolute atomic E-state index is 14.1. The number of benzene rings is 2. The third kappa shape index (κ3) is 6.01. The number of hydrogen-bond acceptors (Lipinski definition) is 5. The Morgan fingerprint density at radius 3 is 2.48 bits per heavy atom. The predicted octanol–water partition coefficient (Wildman–Crippen LogP) is 2.13. The maximum Gasteiger partial charge on any atom is 0.258 e. The van der Waals surface area contributed by atoms with E-state index in [1.54, 1.807) is 24.4 Å². The first-order chi connectivity index (χ1) is 13.6. The third-order valence-corrected chi connectivity index (χ3v) is 5.83. The molecule has 10 heteroatoms. The van der Waals surface area contributed by atoms with E-state index in [-0.39, 0.29) is 16.1 Å². The fourth-order valence-corrected chi connectivity index (χ4v) is 4.24. The Kier molecular flexibility index (Phi) is 7.31. The normalized spacial score (nSPS) is 11.9. The van der Waals surface area contributed by atoms with Crippen LogP contribution in [0.1, 0.15) is 15.9 Å². The van der Waals surface area contributed by atoms with Crippen molar-refractivity contribution in [3.63, 3.8) is 0 Å². The van der Waals surface area contributed by atoms with Crippen LogP contribution in [0.25, 0.3) is 0 Å². The number of carbonyl (C=O) groups excluding carboxylic acids is 2. The van der Waals surface area contributed by atoms with Crippen molar-refractivity contribution in [3.05, 3.63) is 70.5 Å². The number of rotatable bonds is 7. The summed E-state index contributed by atoms with van der Waals surface area (Å²) in [4.78, 5) is 25.4. The van der Waals surface area contributed by atoms with Crippen molar-refractivity contribution in [2.75, 3.05) is 12.8 Å². The van der Waals surface area contributed by atoms with Crippen molar-refractivity contribution in [1.29, 1.82) is 5.26 Å². The Balaban J connectivity index is 2.26. The molecule has 0 aliphatic carbocycles. The largest absolute Gasteiger partial charge is 0.339 e. The van der Waals surface area contributed by atoms with E-state index in [0.29, 0.717) is 4.90 Å². The van der Waals surface area contributed by atoms with Gasteiger partial charge in [0.1, 0.15) is 11.9 Å². The number of likely N-dealkylation sites (N-methyl/N-ethyl adjacent to an activating group) is 1. The van der Waals surface area contributed by atoms with E-state index in [2.05, 4.69) is 5.32 Å². The molecule has 0 aliphatic rings. The second-order valence-corrected chi connectivity index (χ2v) is 8.67. The van der Waals surface area contributed by atoms with Crippen LogP contribution >= 0.6 is 11.6 Å². The minimum atomic E-state index is -4.06. The highest BCUT2D eigenvalue weighted by atomic mass is 35.5. The summed E-state index contributed by atoms with van der Waals surface area (Å²) in [5.74, 6) is -4.00. The van der Waals surface area contributed by atoms with Crippen molar-refractivity contribution in [2.45, 2.75) is 11.8 Å². The van der Waals surface area contributed by atoms with Gasteiger partial charge in [-0.05, 0) is 18.2 Å². The average molecular weight is 438 g/mol. The second-order valence-electron chi connectivity index (χ2n) is 6.16. The van der Waals surface area contributed by atoms with Crippen LogP contribution in [0.5, 0.6) is 0 Å². The standard InChI is InChI=1S/C19H17ClFN3O4S/c1-24(12-22)19(26)16(23-18(25)13-6-3-2-4-7-13)11-29(27,28)10-14-8-5-9-15(20)17(14)21/h2-9,16H,10-11H2,1H3,(H,23,25)/t16-/m0/s1. The van der Waals surface area contributed by atoms with Gasteiger partial charge in [0.05, 0.1) is 16.5 Å². The van der Waals surface area contributed by atoms with Crippen molar-refractivity contribution in [1.82, 2.24) is 10.2 Å². The monoisotopic (exact) mass is 437 g/mol. The molecule has 0 aliphatic heterocycles. The van der Waals surface area contributed by atoms with E-state index in [1.807, 2.05) is 0 Å². The van der Waals surface area contributed by atoms with Crippen LogP contribution in [0.15, 0.2) is 48.5 Å². The Labute approximate surface area is 172 Å². The smallest absolute Gasteiger partial charge is 0.258 e. The van der Waals surface area contributed by atoms with Crippen LogP contribution in [0.2, 0.25) is 5.02 Å². The van der Waals surface area contributed by atoms with E-state index in [0.717, 1.165) is 7.05 Å². The molecule has 2 aromatic carbocycles. The van der Waals surface area contributed by atoms with Crippen LogP contribution in [0.4, 0.5) is 4.39 Å². The molecule has 0 saturated heterocycles. The zero-order valence-electron chi connectivity index (χ0n) is 15.3. The zero-order chi connectivity index (χ0) is 21.6. The number of amides is 2.